The lowest BCUT2D eigenvalue weighted by Gasteiger charge is -2.10. The zero-order valence-corrected chi connectivity index (χ0v) is 15.3. The number of pyridine rings is 2. The summed E-state index contributed by atoms with van der Waals surface area (Å²) in [5.74, 6) is 2.97. The Morgan fingerprint density at radius 1 is 1.07 bits per heavy atom. The average molecular weight is 411 g/mol. The van der Waals surface area contributed by atoms with Gasteiger partial charge in [0.1, 0.15) is 10.7 Å². The molecule has 29 heavy (non-hydrogen) atoms. The van der Waals surface area contributed by atoms with Gasteiger partial charge in [-0.15, -0.1) is 0 Å². The average Bonchev–Trinajstić information content (AvgIpc) is 3.18. The topological polar surface area (TPSA) is 101 Å². The first-order chi connectivity index (χ1) is 13.9. The number of rotatable bonds is 3. The Bertz CT molecular complexity index is 1380. The van der Waals surface area contributed by atoms with Gasteiger partial charge >= 0.3 is 0 Å². The van der Waals surface area contributed by atoms with Crippen LogP contribution in [0.1, 0.15) is 11.1 Å². The Morgan fingerprint density at radius 2 is 1.93 bits per heavy atom. The van der Waals surface area contributed by atoms with Gasteiger partial charge in [-0.25, -0.2) is 27.2 Å². The van der Waals surface area contributed by atoms with E-state index in [-0.39, 0.29) is 4.90 Å². The number of nitrogens with zero attached hydrogens (tertiary/aromatic N) is 3. The highest BCUT2D eigenvalue weighted by Crippen LogP contribution is 2.23. The maximum atomic E-state index is 14.8. The van der Waals surface area contributed by atoms with Gasteiger partial charge in [-0.3, -0.25) is 9.71 Å². The number of fused-ring (bicyclic) bond motifs is 1. The molecule has 0 atom stereocenters. The predicted molar refractivity (Wildman–Crippen MR) is 101 cm³/mol. The molecule has 0 fully saturated rings. The number of aromatic nitrogens is 4. The van der Waals surface area contributed by atoms with Crippen LogP contribution in [-0.4, -0.2) is 28.4 Å². The van der Waals surface area contributed by atoms with Gasteiger partial charge in [0.15, 0.2) is 11.5 Å². The monoisotopic (exact) mass is 411 g/mol. The molecule has 0 unspecified atom stereocenters. The molecule has 0 saturated heterocycles. The molecule has 0 amide bonds. The minimum Gasteiger partial charge on any atom is -0.343 e. The fraction of sp³-hybridized carbons (Fsp3) is 0. The van der Waals surface area contributed by atoms with Crippen LogP contribution >= 0.6 is 0 Å². The number of sulfonamides is 1. The highest BCUT2D eigenvalue weighted by Gasteiger charge is 2.19. The number of nitrogens with one attached hydrogen (secondary N) is 2. The van der Waals surface area contributed by atoms with Crippen LogP contribution < -0.4 is 4.72 Å². The van der Waals surface area contributed by atoms with Crippen molar-refractivity contribution in [3.8, 4) is 11.8 Å². The Morgan fingerprint density at radius 3 is 2.72 bits per heavy atom. The van der Waals surface area contributed by atoms with Crippen molar-refractivity contribution in [2.75, 3.05) is 4.72 Å². The molecule has 0 aliphatic heterocycles. The van der Waals surface area contributed by atoms with E-state index in [1.807, 2.05) is 0 Å². The van der Waals surface area contributed by atoms with E-state index in [2.05, 4.69) is 36.5 Å². The molecule has 4 rings (SSSR count). The summed E-state index contributed by atoms with van der Waals surface area (Å²) in [5.41, 5.74) is 0.514. The molecule has 7 nitrogen and oxygen atoms in total. The Hall–Kier alpha value is -3.84. The fourth-order valence-corrected chi connectivity index (χ4v) is 3.51. The normalized spacial score (nSPS) is 11.1. The lowest BCUT2D eigenvalue weighted by Crippen LogP contribution is -2.14. The molecule has 0 spiro atoms. The molecule has 3 aromatic heterocycles. The van der Waals surface area contributed by atoms with E-state index in [9.17, 15) is 17.2 Å². The quantitative estimate of drug-likeness (QED) is 0.505. The molecule has 2 N–H and O–H groups in total. The Kier molecular flexibility index (Phi) is 4.66. The van der Waals surface area contributed by atoms with Crippen LogP contribution in [0, 0.1) is 23.5 Å². The zero-order valence-electron chi connectivity index (χ0n) is 14.5. The molecule has 0 radical (unpaired) electrons. The minimum absolute atomic E-state index is 0.157. The van der Waals surface area contributed by atoms with Crippen LogP contribution in [0.5, 0.6) is 0 Å². The van der Waals surface area contributed by atoms with Crippen molar-refractivity contribution in [3.05, 3.63) is 78.0 Å². The molecule has 10 heteroatoms. The van der Waals surface area contributed by atoms with Gasteiger partial charge in [0.25, 0.3) is 10.0 Å². The summed E-state index contributed by atoms with van der Waals surface area (Å²) in [6.45, 7) is 0. The van der Waals surface area contributed by atoms with Crippen molar-refractivity contribution >= 4 is 26.9 Å². The maximum Gasteiger partial charge on any atom is 0.263 e. The standard InChI is InChI=1S/C19H11F2N5O2S/c20-15-5-6-16(26-29(27,28)13-2-1-7-22-10-13)18(21)14(15)4-3-12-8-17-19(23-9-12)25-11-24-17/h1-2,5-11,26H,(H,23,24,25). The number of hydrogen-bond acceptors (Lipinski definition) is 5. The second kappa shape index (κ2) is 7.29. The van der Waals surface area contributed by atoms with Crippen LogP contribution in [0.3, 0.4) is 0 Å². The van der Waals surface area contributed by atoms with Gasteiger partial charge in [-0.05, 0) is 30.3 Å². The second-order valence-electron chi connectivity index (χ2n) is 5.83. The van der Waals surface area contributed by atoms with E-state index < -0.39 is 32.9 Å². The molecule has 1 aromatic carbocycles. The number of halogens is 2. The lowest BCUT2D eigenvalue weighted by molar-refractivity contribution is 0.578. The number of hydrogen-bond donors (Lipinski definition) is 2. The van der Waals surface area contributed by atoms with Gasteiger partial charge in [0.2, 0.25) is 0 Å². The van der Waals surface area contributed by atoms with E-state index in [4.69, 9.17) is 0 Å². The van der Waals surface area contributed by atoms with Crippen molar-refractivity contribution in [1.29, 1.82) is 0 Å². The van der Waals surface area contributed by atoms with Gasteiger partial charge in [-0.2, -0.15) is 0 Å². The minimum atomic E-state index is -4.09. The first kappa shape index (κ1) is 18.5. The number of aromatic amines is 1. The molecule has 0 saturated carbocycles. The summed E-state index contributed by atoms with van der Waals surface area (Å²) in [5, 5.41) is 0. The molecular weight excluding hydrogens is 400 g/mol. The van der Waals surface area contributed by atoms with Crippen molar-refractivity contribution in [3.63, 3.8) is 0 Å². The molecule has 0 bridgehead atoms. The van der Waals surface area contributed by atoms with Gasteiger partial charge in [-0.1, -0.05) is 11.8 Å². The summed E-state index contributed by atoms with van der Waals surface area (Å²) in [6, 6.07) is 6.28. The second-order valence-corrected chi connectivity index (χ2v) is 7.51. The summed E-state index contributed by atoms with van der Waals surface area (Å²) < 4.78 is 55.7. The summed E-state index contributed by atoms with van der Waals surface area (Å²) in [6.07, 6.45) is 5.40. The van der Waals surface area contributed by atoms with E-state index in [1.165, 1.54) is 30.9 Å². The molecule has 3 heterocycles. The smallest absolute Gasteiger partial charge is 0.263 e. The van der Waals surface area contributed by atoms with E-state index in [0.29, 0.717) is 16.7 Å². The fourth-order valence-electron chi connectivity index (χ4n) is 2.49. The third-order valence-corrected chi connectivity index (χ3v) is 5.24. The van der Waals surface area contributed by atoms with Crippen molar-refractivity contribution < 1.29 is 17.2 Å². The SMILES string of the molecule is O=S(=O)(Nc1ccc(F)c(C#Cc2cnc3nc[nH]c3c2)c1F)c1cccnc1. The molecule has 0 aliphatic rings. The Balaban J connectivity index is 1.69. The summed E-state index contributed by atoms with van der Waals surface area (Å²) >= 11 is 0. The third kappa shape index (κ3) is 3.76. The highest BCUT2D eigenvalue weighted by molar-refractivity contribution is 7.92. The number of H-pyrrole nitrogens is 1. The molecule has 144 valence electrons. The molecular formula is C19H11F2N5O2S. The van der Waals surface area contributed by atoms with Crippen LogP contribution in [0.2, 0.25) is 0 Å². The first-order valence-corrected chi connectivity index (χ1v) is 9.64. The third-order valence-electron chi connectivity index (χ3n) is 3.89. The van der Waals surface area contributed by atoms with E-state index in [1.54, 1.807) is 6.07 Å². The van der Waals surface area contributed by atoms with Gasteiger partial charge in [0, 0.05) is 24.2 Å². The molecule has 0 aliphatic carbocycles. The number of imidazole rings is 1. The van der Waals surface area contributed by atoms with Crippen LogP contribution in [0.25, 0.3) is 11.2 Å². The highest BCUT2D eigenvalue weighted by atomic mass is 32.2. The number of anilines is 1. The predicted octanol–water partition coefficient (Wildman–Crippen LogP) is 2.83. The lowest BCUT2D eigenvalue weighted by atomic mass is 10.1. The van der Waals surface area contributed by atoms with Gasteiger partial charge < -0.3 is 4.98 Å². The van der Waals surface area contributed by atoms with Crippen molar-refractivity contribution in [2.24, 2.45) is 0 Å². The maximum absolute atomic E-state index is 14.8. The Labute approximate surface area is 163 Å². The first-order valence-electron chi connectivity index (χ1n) is 8.16. The number of benzene rings is 1. The van der Waals surface area contributed by atoms with E-state index >= 15 is 0 Å². The van der Waals surface area contributed by atoms with Crippen molar-refractivity contribution in [2.45, 2.75) is 4.90 Å². The largest absolute Gasteiger partial charge is 0.343 e. The van der Waals surface area contributed by atoms with E-state index in [0.717, 1.165) is 18.3 Å². The van der Waals surface area contributed by atoms with Crippen LogP contribution in [0.15, 0.2) is 60.1 Å². The van der Waals surface area contributed by atoms with Gasteiger partial charge in [0.05, 0.1) is 23.1 Å². The summed E-state index contributed by atoms with van der Waals surface area (Å²) in [4.78, 5) is 14.5. The van der Waals surface area contributed by atoms with Crippen molar-refractivity contribution in [1.82, 2.24) is 19.9 Å². The zero-order chi connectivity index (χ0) is 20.4. The molecule has 4 aromatic rings. The van der Waals surface area contributed by atoms with Crippen LogP contribution in [-0.2, 0) is 10.0 Å². The summed E-state index contributed by atoms with van der Waals surface area (Å²) in [7, 11) is -4.09. The van der Waals surface area contributed by atoms with Crippen LogP contribution in [0.4, 0.5) is 14.5 Å².